The molecule has 6 heteroatoms. The van der Waals surface area contributed by atoms with E-state index >= 15 is 0 Å². The Kier molecular flexibility index (Phi) is 3.07. The number of rotatable bonds is 5. The first-order chi connectivity index (χ1) is 9.88. The van der Waals surface area contributed by atoms with Crippen molar-refractivity contribution in [3.8, 4) is 0 Å². The second kappa shape index (κ2) is 4.58. The molecule has 0 amide bonds. The van der Waals surface area contributed by atoms with Gasteiger partial charge in [0.1, 0.15) is 5.82 Å². The number of anilines is 2. The van der Waals surface area contributed by atoms with Crippen LogP contribution < -0.4 is 10.6 Å². The SMILES string of the molecule is CCNc1nc(NCC2C(C)(C)C2(C)C)c2cn[nH]c2n1. The van der Waals surface area contributed by atoms with Crippen molar-refractivity contribution in [3.63, 3.8) is 0 Å². The number of aromatic nitrogens is 4. The summed E-state index contributed by atoms with van der Waals surface area (Å²) in [6.45, 7) is 13.1. The van der Waals surface area contributed by atoms with Crippen LogP contribution in [0.4, 0.5) is 11.8 Å². The van der Waals surface area contributed by atoms with E-state index in [0.29, 0.717) is 22.7 Å². The van der Waals surface area contributed by atoms with Crippen LogP contribution >= 0.6 is 0 Å². The van der Waals surface area contributed by atoms with Gasteiger partial charge < -0.3 is 10.6 Å². The zero-order chi connectivity index (χ0) is 15.3. The molecular formula is C15H24N6. The van der Waals surface area contributed by atoms with Gasteiger partial charge in [0, 0.05) is 13.1 Å². The monoisotopic (exact) mass is 288 g/mol. The van der Waals surface area contributed by atoms with Crippen molar-refractivity contribution in [2.24, 2.45) is 16.7 Å². The summed E-state index contributed by atoms with van der Waals surface area (Å²) in [7, 11) is 0. The van der Waals surface area contributed by atoms with Crippen LogP contribution in [-0.4, -0.2) is 33.3 Å². The third-order valence-corrected chi connectivity index (χ3v) is 5.44. The molecule has 0 radical (unpaired) electrons. The number of hydrogen-bond acceptors (Lipinski definition) is 5. The summed E-state index contributed by atoms with van der Waals surface area (Å²) < 4.78 is 0. The van der Waals surface area contributed by atoms with Crippen molar-refractivity contribution in [3.05, 3.63) is 6.20 Å². The van der Waals surface area contributed by atoms with Crippen molar-refractivity contribution in [2.45, 2.75) is 34.6 Å². The molecule has 114 valence electrons. The van der Waals surface area contributed by atoms with Gasteiger partial charge in [0.05, 0.1) is 11.6 Å². The number of H-pyrrole nitrogens is 1. The normalized spacial score (nSPS) is 19.7. The smallest absolute Gasteiger partial charge is 0.226 e. The number of fused-ring (bicyclic) bond motifs is 1. The van der Waals surface area contributed by atoms with E-state index in [1.54, 1.807) is 6.20 Å². The van der Waals surface area contributed by atoms with E-state index in [-0.39, 0.29) is 0 Å². The molecule has 3 N–H and O–H groups in total. The molecule has 3 rings (SSSR count). The minimum Gasteiger partial charge on any atom is -0.369 e. The average molecular weight is 288 g/mol. The van der Waals surface area contributed by atoms with Crippen LogP contribution in [-0.2, 0) is 0 Å². The molecule has 1 aliphatic rings. The lowest BCUT2D eigenvalue weighted by atomic mass is 10.0. The number of hydrogen-bond donors (Lipinski definition) is 3. The van der Waals surface area contributed by atoms with E-state index in [0.717, 1.165) is 29.9 Å². The van der Waals surface area contributed by atoms with Crippen LogP contribution in [0.15, 0.2) is 6.20 Å². The maximum atomic E-state index is 4.56. The van der Waals surface area contributed by atoms with Gasteiger partial charge in [-0.1, -0.05) is 27.7 Å². The molecule has 0 spiro atoms. The van der Waals surface area contributed by atoms with Gasteiger partial charge in [-0.15, -0.1) is 0 Å². The summed E-state index contributed by atoms with van der Waals surface area (Å²) in [5.74, 6) is 2.12. The highest BCUT2D eigenvalue weighted by Crippen LogP contribution is 2.68. The zero-order valence-electron chi connectivity index (χ0n) is 13.4. The van der Waals surface area contributed by atoms with Crippen LogP contribution in [0.25, 0.3) is 11.0 Å². The quantitative estimate of drug-likeness (QED) is 0.788. The molecule has 0 aliphatic heterocycles. The van der Waals surface area contributed by atoms with Crippen molar-refractivity contribution in [1.29, 1.82) is 0 Å². The second-order valence-electron chi connectivity index (χ2n) is 6.94. The van der Waals surface area contributed by atoms with Crippen molar-refractivity contribution >= 4 is 22.8 Å². The molecule has 0 bridgehead atoms. The van der Waals surface area contributed by atoms with Gasteiger partial charge in [-0.05, 0) is 23.7 Å². The van der Waals surface area contributed by atoms with Crippen molar-refractivity contribution < 1.29 is 0 Å². The van der Waals surface area contributed by atoms with Crippen molar-refractivity contribution in [1.82, 2.24) is 20.2 Å². The fourth-order valence-corrected chi connectivity index (χ4v) is 3.25. The number of nitrogens with one attached hydrogen (secondary N) is 3. The zero-order valence-corrected chi connectivity index (χ0v) is 13.4. The van der Waals surface area contributed by atoms with Crippen LogP contribution in [0.5, 0.6) is 0 Å². The molecule has 2 aromatic rings. The predicted octanol–water partition coefficient (Wildman–Crippen LogP) is 2.88. The standard InChI is InChI=1S/C15H24N6/c1-6-16-13-19-11(9-7-18-21-12(9)20-13)17-8-10-14(2,3)15(10,4)5/h7,10H,6,8H2,1-5H3,(H3,16,17,18,19,20,21). The molecule has 1 aliphatic carbocycles. The second-order valence-corrected chi connectivity index (χ2v) is 6.94. The Morgan fingerprint density at radius 2 is 1.86 bits per heavy atom. The molecule has 1 saturated carbocycles. The van der Waals surface area contributed by atoms with Crippen LogP contribution in [0, 0.1) is 16.7 Å². The summed E-state index contributed by atoms with van der Waals surface area (Å²) in [4.78, 5) is 8.97. The maximum Gasteiger partial charge on any atom is 0.226 e. The summed E-state index contributed by atoms with van der Waals surface area (Å²) in [5, 5.41) is 14.6. The Balaban J connectivity index is 1.82. The fourth-order valence-electron chi connectivity index (χ4n) is 3.25. The van der Waals surface area contributed by atoms with Gasteiger partial charge in [-0.2, -0.15) is 15.1 Å². The number of aromatic amines is 1. The third kappa shape index (κ3) is 2.13. The Labute approximate surface area is 125 Å². The first-order valence-corrected chi connectivity index (χ1v) is 7.56. The molecule has 2 heterocycles. The lowest BCUT2D eigenvalue weighted by Crippen LogP contribution is -2.11. The minimum atomic E-state index is 0.368. The largest absolute Gasteiger partial charge is 0.369 e. The van der Waals surface area contributed by atoms with Crippen LogP contribution in [0.1, 0.15) is 34.6 Å². The van der Waals surface area contributed by atoms with Crippen LogP contribution in [0.3, 0.4) is 0 Å². The van der Waals surface area contributed by atoms with Crippen molar-refractivity contribution in [2.75, 3.05) is 23.7 Å². The molecule has 1 fully saturated rings. The summed E-state index contributed by atoms with van der Waals surface area (Å²) in [5.41, 5.74) is 1.50. The van der Waals surface area contributed by atoms with E-state index in [1.807, 2.05) is 6.92 Å². The molecule has 21 heavy (non-hydrogen) atoms. The van der Waals surface area contributed by atoms with E-state index in [1.165, 1.54) is 0 Å². The van der Waals surface area contributed by atoms with Gasteiger partial charge in [-0.25, -0.2) is 0 Å². The molecular weight excluding hydrogens is 264 g/mol. The molecule has 0 saturated heterocycles. The maximum absolute atomic E-state index is 4.56. The Morgan fingerprint density at radius 1 is 1.14 bits per heavy atom. The highest BCUT2D eigenvalue weighted by Gasteiger charge is 2.64. The highest BCUT2D eigenvalue weighted by molar-refractivity contribution is 5.86. The van der Waals surface area contributed by atoms with Gasteiger partial charge >= 0.3 is 0 Å². The lowest BCUT2D eigenvalue weighted by Gasteiger charge is -2.10. The lowest BCUT2D eigenvalue weighted by molar-refractivity contribution is 0.457. The Morgan fingerprint density at radius 3 is 2.48 bits per heavy atom. The topological polar surface area (TPSA) is 78.5 Å². The first kappa shape index (κ1) is 14.1. The molecule has 2 aromatic heterocycles. The summed E-state index contributed by atoms with van der Waals surface area (Å²) >= 11 is 0. The van der Waals surface area contributed by atoms with E-state index in [4.69, 9.17) is 0 Å². The van der Waals surface area contributed by atoms with Gasteiger partial charge in [0.2, 0.25) is 5.95 Å². The number of nitrogens with zero attached hydrogens (tertiary/aromatic N) is 3. The average Bonchev–Trinajstić information content (AvgIpc) is 2.77. The molecule has 0 atom stereocenters. The van der Waals surface area contributed by atoms with E-state index in [9.17, 15) is 0 Å². The third-order valence-electron chi connectivity index (χ3n) is 5.44. The first-order valence-electron chi connectivity index (χ1n) is 7.56. The Hall–Kier alpha value is -1.85. The van der Waals surface area contributed by atoms with E-state index < -0.39 is 0 Å². The highest BCUT2D eigenvalue weighted by atomic mass is 15.2. The molecule has 0 aromatic carbocycles. The molecule has 6 nitrogen and oxygen atoms in total. The van der Waals surface area contributed by atoms with Crippen LogP contribution in [0.2, 0.25) is 0 Å². The van der Waals surface area contributed by atoms with E-state index in [2.05, 4.69) is 58.5 Å². The summed E-state index contributed by atoms with van der Waals surface area (Å²) in [6, 6.07) is 0. The fraction of sp³-hybridized carbons (Fsp3) is 0.667. The molecule has 0 unspecified atom stereocenters. The summed E-state index contributed by atoms with van der Waals surface area (Å²) in [6.07, 6.45) is 1.77. The predicted molar refractivity (Wildman–Crippen MR) is 85.4 cm³/mol. The van der Waals surface area contributed by atoms with Gasteiger partial charge in [-0.3, -0.25) is 5.10 Å². The van der Waals surface area contributed by atoms with Gasteiger partial charge in [0.25, 0.3) is 0 Å². The minimum absolute atomic E-state index is 0.368. The Bertz CT molecular complexity index is 643. The van der Waals surface area contributed by atoms with Gasteiger partial charge in [0.15, 0.2) is 5.65 Å².